The molecule has 5 nitrogen and oxygen atoms in total. The standard InChI is InChI=1S/C13H20N2O3S.ClH/c1-14-11-4-3-9-15(10-11)19(16,17)13-7-5-12(18-2)6-8-13;/h5-8,11,14H,3-4,9-10H2,1-2H3;1H. The van der Waals surface area contributed by atoms with Gasteiger partial charge in [-0.3, -0.25) is 0 Å². The van der Waals surface area contributed by atoms with Crippen molar-refractivity contribution in [3.63, 3.8) is 0 Å². The van der Waals surface area contributed by atoms with Gasteiger partial charge in [0.15, 0.2) is 0 Å². The van der Waals surface area contributed by atoms with Crippen molar-refractivity contribution in [2.75, 3.05) is 27.2 Å². The van der Waals surface area contributed by atoms with Crippen LogP contribution in [-0.4, -0.2) is 46.0 Å². The van der Waals surface area contributed by atoms with E-state index in [1.807, 2.05) is 7.05 Å². The van der Waals surface area contributed by atoms with Crippen LogP contribution in [0, 0.1) is 0 Å². The molecule has 1 fully saturated rings. The quantitative estimate of drug-likeness (QED) is 0.913. The van der Waals surface area contributed by atoms with E-state index in [0.717, 1.165) is 12.8 Å². The Hall–Kier alpha value is -0.820. The summed E-state index contributed by atoms with van der Waals surface area (Å²) in [6.45, 7) is 1.12. The first-order valence-corrected chi connectivity index (χ1v) is 7.83. The van der Waals surface area contributed by atoms with E-state index < -0.39 is 10.0 Å². The van der Waals surface area contributed by atoms with Crippen molar-refractivity contribution < 1.29 is 13.2 Å². The summed E-state index contributed by atoms with van der Waals surface area (Å²) in [5, 5.41) is 3.15. The fraction of sp³-hybridized carbons (Fsp3) is 0.538. The van der Waals surface area contributed by atoms with Crippen LogP contribution in [0.3, 0.4) is 0 Å². The molecule has 1 heterocycles. The Kier molecular flexibility index (Phi) is 6.26. The zero-order valence-electron chi connectivity index (χ0n) is 11.7. The van der Waals surface area contributed by atoms with Gasteiger partial charge in [0.25, 0.3) is 0 Å². The molecule has 0 radical (unpaired) electrons. The second-order valence-corrected chi connectivity index (χ2v) is 6.60. The van der Waals surface area contributed by atoms with Crippen LogP contribution in [0.15, 0.2) is 29.2 Å². The zero-order chi connectivity index (χ0) is 13.9. The molecule has 1 saturated heterocycles. The lowest BCUT2D eigenvalue weighted by Crippen LogP contribution is -2.46. The van der Waals surface area contributed by atoms with Crippen molar-refractivity contribution in [2.24, 2.45) is 0 Å². The molecule has 7 heteroatoms. The average Bonchev–Trinajstić information content (AvgIpc) is 2.47. The van der Waals surface area contributed by atoms with Gasteiger partial charge in [-0.1, -0.05) is 0 Å². The van der Waals surface area contributed by atoms with Crippen LogP contribution in [0.25, 0.3) is 0 Å². The van der Waals surface area contributed by atoms with Gasteiger partial charge < -0.3 is 10.1 Å². The summed E-state index contributed by atoms with van der Waals surface area (Å²) < 4.78 is 31.6. The molecule has 1 atom stereocenters. The minimum Gasteiger partial charge on any atom is -0.497 e. The van der Waals surface area contributed by atoms with Crippen LogP contribution in [0.1, 0.15) is 12.8 Å². The van der Waals surface area contributed by atoms with Gasteiger partial charge in [-0.15, -0.1) is 12.4 Å². The van der Waals surface area contributed by atoms with E-state index in [4.69, 9.17) is 4.74 Å². The van der Waals surface area contributed by atoms with Gasteiger partial charge in [0.2, 0.25) is 10.0 Å². The fourth-order valence-corrected chi connectivity index (χ4v) is 3.82. The molecule has 0 bridgehead atoms. The van der Waals surface area contributed by atoms with Crippen LogP contribution in [-0.2, 0) is 10.0 Å². The van der Waals surface area contributed by atoms with Gasteiger partial charge >= 0.3 is 0 Å². The topological polar surface area (TPSA) is 58.6 Å². The molecule has 1 N–H and O–H groups in total. The Morgan fingerprint density at radius 2 is 1.95 bits per heavy atom. The highest BCUT2D eigenvalue weighted by Gasteiger charge is 2.29. The molecule has 0 aliphatic carbocycles. The summed E-state index contributed by atoms with van der Waals surface area (Å²) in [6, 6.07) is 6.77. The summed E-state index contributed by atoms with van der Waals surface area (Å²) in [5.74, 6) is 0.658. The monoisotopic (exact) mass is 320 g/mol. The minimum absolute atomic E-state index is 0. The zero-order valence-corrected chi connectivity index (χ0v) is 13.3. The van der Waals surface area contributed by atoms with E-state index in [-0.39, 0.29) is 18.4 Å². The second kappa shape index (κ2) is 7.26. The van der Waals surface area contributed by atoms with Crippen molar-refractivity contribution >= 4 is 22.4 Å². The molecule has 0 saturated carbocycles. The molecular weight excluding hydrogens is 300 g/mol. The smallest absolute Gasteiger partial charge is 0.243 e. The van der Waals surface area contributed by atoms with Gasteiger partial charge in [-0.2, -0.15) is 4.31 Å². The number of hydrogen-bond donors (Lipinski definition) is 1. The number of likely N-dealkylation sites (N-methyl/N-ethyl adjacent to an activating group) is 1. The number of hydrogen-bond acceptors (Lipinski definition) is 4. The van der Waals surface area contributed by atoms with E-state index in [0.29, 0.717) is 23.7 Å². The van der Waals surface area contributed by atoms with E-state index in [1.165, 1.54) is 0 Å². The predicted molar refractivity (Wildman–Crippen MR) is 81.1 cm³/mol. The molecule has 1 aromatic rings. The molecule has 114 valence electrons. The molecular formula is C13H21ClN2O3S. The number of sulfonamides is 1. The van der Waals surface area contributed by atoms with Crippen LogP contribution in [0.2, 0.25) is 0 Å². The third-order valence-electron chi connectivity index (χ3n) is 3.49. The number of piperidine rings is 1. The number of nitrogens with zero attached hydrogens (tertiary/aromatic N) is 1. The summed E-state index contributed by atoms with van der Waals surface area (Å²) in [4.78, 5) is 0.324. The van der Waals surface area contributed by atoms with Crippen LogP contribution < -0.4 is 10.1 Å². The van der Waals surface area contributed by atoms with Crippen molar-refractivity contribution in [1.29, 1.82) is 0 Å². The summed E-state index contributed by atoms with van der Waals surface area (Å²) >= 11 is 0. The van der Waals surface area contributed by atoms with Crippen LogP contribution in [0.4, 0.5) is 0 Å². The first-order valence-electron chi connectivity index (χ1n) is 6.39. The second-order valence-electron chi connectivity index (χ2n) is 4.67. The number of nitrogens with one attached hydrogen (secondary N) is 1. The molecule has 1 aliphatic rings. The average molecular weight is 321 g/mol. The summed E-state index contributed by atoms with van der Waals surface area (Å²) in [6.07, 6.45) is 1.91. The third kappa shape index (κ3) is 3.63. The lowest BCUT2D eigenvalue weighted by Gasteiger charge is -2.31. The Morgan fingerprint density at radius 1 is 1.30 bits per heavy atom. The first-order chi connectivity index (χ1) is 9.07. The van der Waals surface area contributed by atoms with Crippen molar-refractivity contribution in [2.45, 2.75) is 23.8 Å². The predicted octanol–water partition coefficient (Wildman–Crippen LogP) is 1.49. The molecule has 20 heavy (non-hydrogen) atoms. The fourth-order valence-electron chi connectivity index (χ4n) is 2.29. The van der Waals surface area contributed by atoms with Gasteiger partial charge in [0.05, 0.1) is 12.0 Å². The number of benzene rings is 1. The van der Waals surface area contributed by atoms with E-state index in [2.05, 4.69) is 5.32 Å². The Bertz CT molecular complexity index is 519. The SMILES string of the molecule is CNC1CCCN(S(=O)(=O)c2ccc(OC)cc2)C1.Cl. The molecule has 1 aromatic carbocycles. The molecule has 1 unspecified atom stereocenters. The van der Waals surface area contributed by atoms with Gasteiger partial charge in [-0.25, -0.2) is 8.42 Å². The maximum atomic E-state index is 12.5. The normalized spacial score (nSPS) is 20.2. The molecule has 0 amide bonds. The van der Waals surface area contributed by atoms with Gasteiger partial charge in [0, 0.05) is 19.1 Å². The van der Waals surface area contributed by atoms with Gasteiger partial charge in [-0.05, 0) is 44.2 Å². The third-order valence-corrected chi connectivity index (χ3v) is 5.37. The highest BCUT2D eigenvalue weighted by atomic mass is 35.5. The Morgan fingerprint density at radius 3 is 2.50 bits per heavy atom. The lowest BCUT2D eigenvalue weighted by molar-refractivity contribution is 0.293. The molecule has 2 rings (SSSR count). The van der Waals surface area contributed by atoms with E-state index in [9.17, 15) is 8.42 Å². The number of halogens is 1. The highest BCUT2D eigenvalue weighted by Crippen LogP contribution is 2.22. The Labute approximate surface area is 126 Å². The van der Waals surface area contributed by atoms with Gasteiger partial charge in [0.1, 0.15) is 5.75 Å². The Balaban J connectivity index is 0.00000200. The van der Waals surface area contributed by atoms with Crippen molar-refractivity contribution in [1.82, 2.24) is 9.62 Å². The molecule has 0 aromatic heterocycles. The van der Waals surface area contributed by atoms with Crippen LogP contribution >= 0.6 is 12.4 Å². The minimum atomic E-state index is -3.39. The highest BCUT2D eigenvalue weighted by molar-refractivity contribution is 7.89. The maximum Gasteiger partial charge on any atom is 0.243 e. The van der Waals surface area contributed by atoms with E-state index >= 15 is 0 Å². The number of rotatable bonds is 4. The number of ether oxygens (including phenoxy) is 1. The van der Waals surface area contributed by atoms with Crippen molar-refractivity contribution in [3.05, 3.63) is 24.3 Å². The van der Waals surface area contributed by atoms with E-state index in [1.54, 1.807) is 35.7 Å². The largest absolute Gasteiger partial charge is 0.497 e. The number of methoxy groups -OCH3 is 1. The van der Waals surface area contributed by atoms with Crippen LogP contribution in [0.5, 0.6) is 5.75 Å². The molecule has 0 spiro atoms. The maximum absolute atomic E-state index is 12.5. The first kappa shape index (κ1) is 17.2. The molecule has 1 aliphatic heterocycles. The summed E-state index contributed by atoms with van der Waals surface area (Å²) in [7, 11) is 0.0381. The lowest BCUT2D eigenvalue weighted by atomic mass is 10.1. The van der Waals surface area contributed by atoms with Crippen molar-refractivity contribution in [3.8, 4) is 5.75 Å². The summed E-state index contributed by atoms with van der Waals surface area (Å²) in [5.41, 5.74) is 0.